The number of carbonyl (C=O) groups excluding carboxylic acids is 3. The first kappa shape index (κ1) is 37.4. The highest BCUT2D eigenvalue weighted by Crippen LogP contribution is 2.46. The molecular formula is C33H59NO9. The van der Waals surface area contributed by atoms with E-state index in [0.717, 1.165) is 0 Å². The molecule has 3 N–H and O–H groups in total. The minimum absolute atomic E-state index is 0.00682. The van der Waals surface area contributed by atoms with Gasteiger partial charge in [0.05, 0.1) is 29.3 Å². The normalized spacial score (nSPS) is 47.3. The van der Waals surface area contributed by atoms with Gasteiger partial charge in [-0.3, -0.25) is 9.59 Å². The number of methoxy groups -OCH3 is 2. The minimum Gasteiger partial charge on any atom is -0.458 e. The molecule has 0 aromatic rings. The van der Waals surface area contributed by atoms with Gasteiger partial charge in [0.25, 0.3) is 0 Å². The quantitative estimate of drug-likeness (QED) is 0.413. The molecule has 10 nitrogen and oxygen atoms in total. The van der Waals surface area contributed by atoms with Crippen molar-refractivity contribution in [1.29, 1.82) is 0 Å². The predicted octanol–water partition coefficient (Wildman–Crippen LogP) is 4.92. The maximum Gasteiger partial charge on any atom is 0.405 e. The third-order valence-corrected chi connectivity index (χ3v) is 11.6. The van der Waals surface area contributed by atoms with Crippen LogP contribution >= 0.6 is 0 Å². The number of ketones is 1. The fourth-order valence-electron chi connectivity index (χ4n) is 7.89. The number of cyclic esters (lactones) is 1. The fourth-order valence-corrected chi connectivity index (χ4v) is 7.89. The van der Waals surface area contributed by atoms with E-state index in [1.54, 1.807) is 21.1 Å². The number of amides is 1. The van der Waals surface area contributed by atoms with Crippen molar-refractivity contribution in [3.63, 3.8) is 0 Å². The molecule has 2 heterocycles. The Hall–Kier alpha value is -1.75. The van der Waals surface area contributed by atoms with Gasteiger partial charge in [0, 0.05) is 44.3 Å². The van der Waals surface area contributed by atoms with Crippen molar-refractivity contribution in [3.05, 3.63) is 0 Å². The highest BCUT2D eigenvalue weighted by Gasteiger charge is 2.54. The molecular weight excluding hydrogens is 554 g/mol. The molecule has 250 valence electrons. The molecule has 2 fully saturated rings. The summed E-state index contributed by atoms with van der Waals surface area (Å²) in [6, 6.07) is 0. The molecule has 0 radical (unpaired) electrons. The fraction of sp³-hybridized carbons (Fsp3) is 0.909. The van der Waals surface area contributed by atoms with Gasteiger partial charge in [-0.1, -0.05) is 48.5 Å². The van der Waals surface area contributed by atoms with Gasteiger partial charge in [0.2, 0.25) is 0 Å². The van der Waals surface area contributed by atoms with Crippen molar-refractivity contribution in [1.82, 2.24) is 0 Å². The highest BCUT2D eigenvalue weighted by atomic mass is 16.6. The highest BCUT2D eigenvalue weighted by molar-refractivity contribution is 5.83. The van der Waals surface area contributed by atoms with Crippen LogP contribution in [0.5, 0.6) is 0 Å². The summed E-state index contributed by atoms with van der Waals surface area (Å²) in [7, 11) is 3.23. The minimum atomic E-state index is -1.36. The summed E-state index contributed by atoms with van der Waals surface area (Å²) in [6.45, 7) is 20.8. The van der Waals surface area contributed by atoms with E-state index in [1.807, 2.05) is 55.4 Å². The van der Waals surface area contributed by atoms with Gasteiger partial charge in [-0.15, -0.1) is 0 Å². The first-order chi connectivity index (χ1) is 19.7. The Morgan fingerprint density at radius 3 is 1.98 bits per heavy atom. The van der Waals surface area contributed by atoms with Gasteiger partial charge < -0.3 is 34.5 Å². The molecule has 0 saturated carbocycles. The van der Waals surface area contributed by atoms with E-state index in [9.17, 15) is 19.5 Å². The molecule has 1 amide bonds. The molecule has 2 rings (SSSR count). The average molecular weight is 614 g/mol. The zero-order valence-corrected chi connectivity index (χ0v) is 28.8. The number of Topliss-reactive ketones (excluding diaryl/α,β-unsaturated/α-hetero) is 1. The number of aliphatic hydroxyl groups excluding tert-OH is 1. The maximum absolute atomic E-state index is 14.1. The van der Waals surface area contributed by atoms with Crippen LogP contribution < -0.4 is 5.73 Å². The third-order valence-electron chi connectivity index (χ3n) is 11.6. The number of rotatable bonds is 5. The smallest absolute Gasteiger partial charge is 0.405 e. The van der Waals surface area contributed by atoms with E-state index in [-0.39, 0.29) is 29.5 Å². The van der Waals surface area contributed by atoms with E-state index >= 15 is 0 Å². The molecule has 0 bridgehead atoms. The zero-order valence-electron chi connectivity index (χ0n) is 28.8. The molecule has 14 atom stereocenters. The number of hydrogen-bond acceptors (Lipinski definition) is 9. The van der Waals surface area contributed by atoms with Gasteiger partial charge >= 0.3 is 12.1 Å². The Morgan fingerprint density at radius 2 is 1.49 bits per heavy atom. The summed E-state index contributed by atoms with van der Waals surface area (Å²) < 4.78 is 30.4. The van der Waals surface area contributed by atoms with Gasteiger partial charge in [-0.05, 0) is 52.4 Å². The molecule has 1 unspecified atom stereocenters. The summed E-state index contributed by atoms with van der Waals surface area (Å²) in [5.41, 5.74) is 2.58. The first-order valence-electron chi connectivity index (χ1n) is 15.9. The largest absolute Gasteiger partial charge is 0.458 e. The Bertz CT molecular complexity index is 991. The molecule has 43 heavy (non-hydrogen) atoms. The summed E-state index contributed by atoms with van der Waals surface area (Å²) in [4.78, 5) is 40.2. The number of primary amides is 1. The van der Waals surface area contributed by atoms with Crippen LogP contribution in [0, 0.1) is 41.4 Å². The number of nitrogens with two attached hydrogens (primary N) is 1. The second-order valence-corrected chi connectivity index (χ2v) is 14.1. The average Bonchev–Trinajstić information content (AvgIpc) is 2.95. The lowest BCUT2D eigenvalue weighted by Gasteiger charge is -2.51. The number of hydrogen-bond donors (Lipinski definition) is 2. The lowest BCUT2D eigenvalue weighted by molar-refractivity contribution is -0.236. The van der Waals surface area contributed by atoms with E-state index in [1.165, 1.54) is 0 Å². The predicted molar refractivity (Wildman–Crippen MR) is 163 cm³/mol. The van der Waals surface area contributed by atoms with Crippen molar-refractivity contribution in [2.24, 2.45) is 47.2 Å². The number of carbonyl (C=O) groups is 3. The molecule has 2 aliphatic heterocycles. The van der Waals surface area contributed by atoms with Gasteiger partial charge in [0.15, 0.2) is 5.60 Å². The van der Waals surface area contributed by atoms with E-state index in [0.29, 0.717) is 19.3 Å². The van der Waals surface area contributed by atoms with Crippen molar-refractivity contribution in [2.45, 2.75) is 137 Å². The van der Waals surface area contributed by atoms with E-state index in [2.05, 4.69) is 13.8 Å². The Balaban J connectivity index is 2.76. The summed E-state index contributed by atoms with van der Waals surface area (Å²) in [6.07, 6.45) is -2.53. The molecule has 0 spiro atoms. The van der Waals surface area contributed by atoms with Crippen LogP contribution in [-0.4, -0.2) is 78.4 Å². The molecule has 10 heteroatoms. The topological polar surface area (TPSA) is 144 Å². The van der Waals surface area contributed by atoms with Crippen molar-refractivity contribution >= 4 is 17.8 Å². The lowest BCUT2D eigenvalue weighted by atomic mass is 9.64. The lowest BCUT2D eigenvalue weighted by Crippen LogP contribution is -2.60. The maximum atomic E-state index is 14.1. The van der Waals surface area contributed by atoms with E-state index < -0.39 is 71.0 Å². The number of aliphatic hydroxyl groups is 1. The Labute approximate surface area is 259 Å². The molecule has 0 aliphatic carbocycles. The molecule has 0 aromatic heterocycles. The molecule has 2 aliphatic rings. The number of ether oxygens (including phenoxy) is 5. The van der Waals surface area contributed by atoms with Crippen LogP contribution in [0.2, 0.25) is 0 Å². The zero-order chi connectivity index (χ0) is 33.2. The Morgan fingerprint density at radius 1 is 0.930 bits per heavy atom. The monoisotopic (exact) mass is 613 g/mol. The van der Waals surface area contributed by atoms with Crippen molar-refractivity contribution in [2.75, 3.05) is 14.2 Å². The summed E-state index contributed by atoms with van der Waals surface area (Å²) in [5, 5.41) is 10.9. The number of esters is 1. The van der Waals surface area contributed by atoms with Gasteiger partial charge in [-0.25, -0.2) is 4.79 Å². The molecule has 2 saturated heterocycles. The Kier molecular flexibility index (Phi) is 12.3. The van der Waals surface area contributed by atoms with Crippen molar-refractivity contribution in [3.8, 4) is 0 Å². The van der Waals surface area contributed by atoms with Gasteiger partial charge in [-0.2, -0.15) is 0 Å². The SMILES string of the molecule is CC[C@H]1OC(=O)[C@H](C)[C@@H](C2C[C@@](C)(OC)[C@@H](O)[C@H](C)O2)[C@H](C)[C@@H](C)[C@](C)(OC)C[C@@H](C)C(=O)[C@H](C)[C@@H](C)[C@]1(C)OC(N)=O. The van der Waals surface area contributed by atoms with Crippen LogP contribution in [-0.2, 0) is 33.3 Å². The van der Waals surface area contributed by atoms with Gasteiger partial charge in [0.1, 0.15) is 18.0 Å². The summed E-state index contributed by atoms with van der Waals surface area (Å²) >= 11 is 0. The van der Waals surface area contributed by atoms with Crippen LogP contribution in [0.15, 0.2) is 0 Å². The second kappa shape index (κ2) is 14.1. The third kappa shape index (κ3) is 7.39. The van der Waals surface area contributed by atoms with Crippen LogP contribution in [0.1, 0.15) is 95.4 Å². The van der Waals surface area contributed by atoms with E-state index in [4.69, 9.17) is 29.4 Å². The van der Waals surface area contributed by atoms with Crippen LogP contribution in [0.3, 0.4) is 0 Å². The summed E-state index contributed by atoms with van der Waals surface area (Å²) in [5.74, 6) is -3.12. The molecule has 0 aromatic carbocycles. The second-order valence-electron chi connectivity index (χ2n) is 14.1. The van der Waals surface area contributed by atoms with Crippen LogP contribution in [0.4, 0.5) is 4.79 Å². The van der Waals surface area contributed by atoms with Crippen molar-refractivity contribution < 1.29 is 43.2 Å². The standard InChI is InChI=1S/C33H59NO9/c1-14-25-33(11,43-30(34)38)22(7)19(4)27(35)17(2)15-31(9,39-12)21(6)18(3)26(20(5)29(37)42-25)24-16-32(10,40-13)28(36)23(8)41-24/h17-26,28,36H,14-16H2,1-13H3,(H2,34,38)/t17-,18-,19-,20-,21-,22-,23+,24?,25-,26+,28+,31-,32-,33+/m1/s1. The van der Waals surface area contributed by atoms with Crippen LogP contribution in [0.25, 0.3) is 0 Å². The first-order valence-corrected chi connectivity index (χ1v) is 15.9.